The third-order valence-corrected chi connectivity index (χ3v) is 6.14. The fourth-order valence-corrected chi connectivity index (χ4v) is 4.04. The maximum absolute atomic E-state index is 11.2. The Kier molecular flexibility index (Phi) is 8.40. The second-order valence-electron chi connectivity index (χ2n) is 8.28. The summed E-state index contributed by atoms with van der Waals surface area (Å²) in [6, 6.07) is 4.22. The van der Waals surface area contributed by atoms with E-state index in [2.05, 4.69) is 25.6 Å². The van der Waals surface area contributed by atoms with Crippen LogP contribution in [0.5, 0.6) is 0 Å². The fourth-order valence-electron chi connectivity index (χ4n) is 4.04. The van der Waals surface area contributed by atoms with Crippen molar-refractivity contribution in [2.24, 2.45) is 5.11 Å². The van der Waals surface area contributed by atoms with Gasteiger partial charge >= 0.3 is 0 Å². The maximum atomic E-state index is 11.2. The van der Waals surface area contributed by atoms with Gasteiger partial charge in [-0.25, -0.2) is 0 Å². The molecule has 4 unspecified atom stereocenters. The van der Waals surface area contributed by atoms with Crippen LogP contribution in [0.1, 0.15) is 6.42 Å². The lowest BCUT2D eigenvalue weighted by molar-refractivity contribution is -0.383. The van der Waals surface area contributed by atoms with Gasteiger partial charge in [-0.1, -0.05) is 11.2 Å². The van der Waals surface area contributed by atoms with Crippen LogP contribution in [-0.2, 0) is 4.74 Å². The predicted molar refractivity (Wildman–Crippen MR) is 117 cm³/mol. The minimum atomic E-state index is -1.34. The second-order valence-corrected chi connectivity index (χ2v) is 8.28. The van der Waals surface area contributed by atoms with E-state index in [1.807, 2.05) is 0 Å². The van der Waals surface area contributed by atoms with Gasteiger partial charge in [0.2, 0.25) is 0 Å². The molecule has 3 rings (SSSR count). The number of nitro groups is 1. The molecule has 2 aliphatic rings. The summed E-state index contributed by atoms with van der Waals surface area (Å²) in [6.07, 6.45) is -3.50. The number of rotatable bonds is 11. The standard InChI is InChI=1S/C19H29N7O7/c20-24-23-12-1-2-14(15(7-12)26(31)32)21-4-5-25-9-13(10-25)33-6-3-19(11-27)18(30)17(29)16(28)8-22-19/h1-2,7,13,16-18,21-22,27-30H,3-6,8-11H2. The lowest BCUT2D eigenvalue weighted by atomic mass is 9.81. The normalized spacial score (nSPS) is 28.1. The molecule has 0 radical (unpaired) electrons. The zero-order chi connectivity index (χ0) is 24.0. The number of aliphatic hydroxyl groups is 4. The van der Waals surface area contributed by atoms with Gasteiger partial charge in [-0.3, -0.25) is 15.0 Å². The summed E-state index contributed by atoms with van der Waals surface area (Å²) in [4.78, 5) is 15.4. The number of azide groups is 1. The van der Waals surface area contributed by atoms with Crippen LogP contribution in [0.3, 0.4) is 0 Å². The van der Waals surface area contributed by atoms with E-state index >= 15 is 0 Å². The third-order valence-electron chi connectivity index (χ3n) is 6.14. The van der Waals surface area contributed by atoms with E-state index in [0.29, 0.717) is 31.9 Å². The first-order chi connectivity index (χ1) is 15.8. The average Bonchev–Trinajstić information content (AvgIpc) is 2.77. The Morgan fingerprint density at radius 3 is 2.82 bits per heavy atom. The van der Waals surface area contributed by atoms with Crippen LogP contribution in [0.4, 0.5) is 17.1 Å². The van der Waals surface area contributed by atoms with Crippen LogP contribution in [0, 0.1) is 10.1 Å². The van der Waals surface area contributed by atoms with E-state index in [-0.39, 0.29) is 37.1 Å². The van der Waals surface area contributed by atoms with Gasteiger partial charge in [-0.15, -0.1) is 0 Å². The van der Waals surface area contributed by atoms with Gasteiger partial charge in [0.25, 0.3) is 5.69 Å². The molecule has 0 spiro atoms. The number of likely N-dealkylation sites (tertiary alicyclic amines) is 1. The molecule has 0 saturated carbocycles. The lowest BCUT2D eigenvalue weighted by Crippen LogP contribution is -2.70. The molecule has 1 aromatic rings. The summed E-state index contributed by atoms with van der Waals surface area (Å²) in [6.45, 7) is 2.37. The van der Waals surface area contributed by atoms with Crippen molar-refractivity contribution in [2.45, 2.75) is 36.4 Å². The number of anilines is 1. The summed E-state index contributed by atoms with van der Waals surface area (Å²) in [5.74, 6) is 0. The zero-order valence-corrected chi connectivity index (χ0v) is 17.9. The smallest absolute Gasteiger partial charge is 0.292 e. The van der Waals surface area contributed by atoms with E-state index in [9.17, 15) is 30.5 Å². The maximum Gasteiger partial charge on any atom is 0.292 e. The highest BCUT2D eigenvalue weighted by Crippen LogP contribution is 2.29. The largest absolute Gasteiger partial charge is 0.394 e. The van der Waals surface area contributed by atoms with Crippen molar-refractivity contribution < 1.29 is 30.1 Å². The first-order valence-electron chi connectivity index (χ1n) is 10.6. The lowest BCUT2D eigenvalue weighted by Gasteiger charge is -2.46. The number of hydrogen-bond donors (Lipinski definition) is 6. The quantitative estimate of drug-likeness (QED) is 0.0804. The Morgan fingerprint density at radius 2 is 2.15 bits per heavy atom. The van der Waals surface area contributed by atoms with Crippen molar-refractivity contribution in [1.29, 1.82) is 0 Å². The number of aliphatic hydroxyl groups excluding tert-OH is 4. The minimum absolute atomic E-state index is 0.0190. The second kappa shape index (κ2) is 11.0. The zero-order valence-electron chi connectivity index (χ0n) is 17.9. The van der Waals surface area contributed by atoms with Gasteiger partial charge in [0, 0.05) is 56.0 Å². The summed E-state index contributed by atoms with van der Waals surface area (Å²) in [7, 11) is 0. The Hall–Kier alpha value is -2.55. The highest BCUT2D eigenvalue weighted by atomic mass is 16.6. The summed E-state index contributed by atoms with van der Waals surface area (Å²) in [5, 5.41) is 60.1. The van der Waals surface area contributed by atoms with Crippen molar-refractivity contribution in [3.63, 3.8) is 0 Å². The minimum Gasteiger partial charge on any atom is -0.394 e. The molecule has 182 valence electrons. The molecular formula is C19H29N7O7. The van der Waals surface area contributed by atoms with E-state index in [0.717, 1.165) is 0 Å². The van der Waals surface area contributed by atoms with Gasteiger partial charge in [-0.2, -0.15) is 0 Å². The molecule has 2 saturated heterocycles. The van der Waals surface area contributed by atoms with Crippen LogP contribution >= 0.6 is 0 Å². The number of ether oxygens (including phenoxy) is 1. The average molecular weight is 467 g/mol. The number of nitro benzene ring substituents is 1. The Balaban J connectivity index is 1.38. The number of β-amino-alcohol motifs (C(OH)–C–C–N with tert-alkyl or cyclic N) is 1. The van der Waals surface area contributed by atoms with Gasteiger partial charge in [0.15, 0.2) is 0 Å². The molecule has 14 heteroatoms. The Bertz CT molecular complexity index is 878. The molecule has 0 bridgehead atoms. The van der Waals surface area contributed by atoms with Crippen molar-refractivity contribution in [3.8, 4) is 0 Å². The number of hydrogen-bond acceptors (Lipinski definition) is 11. The highest BCUT2D eigenvalue weighted by Gasteiger charge is 2.47. The predicted octanol–water partition coefficient (Wildman–Crippen LogP) is -0.544. The molecule has 14 nitrogen and oxygen atoms in total. The monoisotopic (exact) mass is 467 g/mol. The van der Waals surface area contributed by atoms with E-state index in [1.54, 1.807) is 0 Å². The van der Waals surface area contributed by atoms with Gasteiger partial charge in [0.05, 0.1) is 29.3 Å². The van der Waals surface area contributed by atoms with Crippen LogP contribution in [0.25, 0.3) is 10.4 Å². The first kappa shape index (κ1) is 25.1. The van der Waals surface area contributed by atoms with Crippen LogP contribution in [0.2, 0.25) is 0 Å². The number of nitrogens with one attached hydrogen (secondary N) is 2. The van der Waals surface area contributed by atoms with Crippen molar-refractivity contribution >= 4 is 17.1 Å². The molecule has 1 aromatic carbocycles. The highest BCUT2D eigenvalue weighted by molar-refractivity contribution is 5.66. The Morgan fingerprint density at radius 1 is 1.39 bits per heavy atom. The fraction of sp³-hybridized carbons (Fsp3) is 0.684. The molecule has 0 aliphatic carbocycles. The molecule has 6 N–H and O–H groups in total. The number of nitrogens with zero attached hydrogens (tertiary/aromatic N) is 5. The van der Waals surface area contributed by atoms with Gasteiger partial charge < -0.3 is 35.8 Å². The topological polar surface area (TPSA) is 209 Å². The van der Waals surface area contributed by atoms with Crippen molar-refractivity contribution in [1.82, 2.24) is 10.2 Å². The summed E-state index contributed by atoms with van der Waals surface area (Å²) >= 11 is 0. The van der Waals surface area contributed by atoms with E-state index < -0.39 is 35.4 Å². The SMILES string of the molecule is [N-]=[N+]=Nc1ccc(NCCN2CC(OCCC3(CO)NCC(O)C(O)C3O)C2)c([N+](=O)[O-])c1. The van der Waals surface area contributed by atoms with Crippen molar-refractivity contribution in [3.05, 3.63) is 38.8 Å². The molecular weight excluding hydrogens is 438 g/mol. The van der Waals surface area contributed by atoms with Crippen LogP contribution in [0.15, 0.2) is 23.3 Å². The molecule has 0 amide bonds. The van der Waals surface area contributed by atoms with Crippen molar-refractivity contribution in [2.75, 3.05) is 51.3 Å². The molecule has 33 heavy (non-hydrogen) atoms. The summed E-state index contributed by atoms with van der Waals surface area (Å²) < 4.78 is 5.80. The van der Waals surface area contributed by atoms with Crippen LogP contribution < -0.4 is 10.6 Å². The van der Waals surface area contributed by atoms with Gasteiger partial charge in [0.1, 0.15) is 17.9 Å². The summed E-state index contributed by atoms with van der Waals surface area (Å²) in [5.41, 5.74) is 7.67. The van der Waals surface area contributed by atoms with Gasteiger partial charge in [-0.05, 0) is 18.0 Å². The molecule has 4 atom stereocenters. The third kappa shape index (κ3) is 5.88. The molecule has 2 aliphatic heterocycles. The van der Waals surface area contributed by atoms with E-state index in [4.69, 9.17) is 10.3 Å². The molecule has 0 aromatic heterocycles. The molecule has 2 fully saturated rings. The van der Waals surface area contributed by atoms with E-state index in [1.165, 1.54) is 18.2 Å². The number of benzene rings is 1. The Labute approximate surface area is 189 Å². The number of piperidine rings is 1. The first-order valence-corrected chi connectivity index (χ1v) is 10.6. The molecule has 2 heterocycles. The van der Waals surface area contributed by atoms with Crippen LogP contribution in [-0.4, -0.2) is 106 Å².